The second kappa shape index (κ2) is 6.29. The lowest BCUT2D eigenvalue weighted by atomic mass is 10.0. The quantitative estimate of drug-likeness (QED) is 0.859. The minimum atomic E-state index is -3.73. The van der Waals surface area contributed by atoms with Gasteiger partial charge in [-0.1, -0.05) is 0 Å². The van der Waals surface area contributed by atoms with Crippen molar-refractivity contribution in [2.24, 2.45) is 5.92 Å². The van der Waals surface area contributed by atoms with Crippen LogP contribution in [-0.4, -0.2) is 39.5 Å². The number of nitrogens with zero attached hydrogens (tertiary/aromatic N) is 1. The zero-order chi connectivity index (χ0) is 15.6. The van der Waals surface area contributed by atoms with Crippen molar-refractivity contribution in [1.29, 1.82) is 0 Å². The molecule has 1 aromatic rings. The molecule has 0 saturated carbocycles. The fourth-order valence-corrected chi connectivity index (χ4v) is 3.69. The molecule has 7 heteroatoms. The van der Waals surface area contributed by atoms with Gasteiger partial charge in [-0.25, -0.2) is 17.1 Å². The molecule has 0 unspecified atom stereocenters. The van der Waals surface area contributed by atoms with E-state index in [1.54, 1.807) is 0 Å². The van der Waals surface area contributed by atoms with E-state index in [1.807, 2.05) is 0 Å². The van der Waals surface area contributed by atoms with E-state index >= 15 is 0 Å². The number of benzene rings is 1. The molecule has 0 atom stereocenters. The maximum absolute atomic E-state index is 13.7. The van der Waals surface area contributed by atoms with Gasteiger partial charge in [-0.3, -0.25) is 0 Å². The fourth-order valence-electron chi connectivity index (χ4n) is 2.39. The zero-order valence-electron chi connectivity index (χ0n) is 12.3. The molecule has 0 spiro atoms. The maximum atomic E-state index is 13.7. The second-order valence-corrected chi connectivity index (χ2v) is 7.51. The van der Waals surface area contributed by atoms with Crippen LogP contribution in [0.2, 0.25) is 0 Å². The van der Waals surface area contributed by atoms with Crippen LogP contribution in [0.4, 0.5) is 10.1 Å². The summed E-state index contributed by atoms with van der Waals surface area (Å²) < 4.78 is 45.2. The molecule has 0 radical (unpaired) electrons. The first-order chi connectivity index (χ1) is 9.82. The zero-order valence-corrected chi connectivity index (χ0v) is 13.1. The SMILES string of the molecule is Cc1c(N)cc(S(=O)(=O)N(C)CC2CCOCC2)cc1F. The summed E-state index contributed by atoms with van der Waals surface area (Å²) in [5.41, 5.74) is 6.07. The number of nitrogen functional groups attached to an aromatic ring is 1. The predicted octanol–water partition coefficient (Wildman–Crippen LogP) is 1.76. The maximum Gasteiger partial charge on any atom is 0.243 e. The summed E-state index contributed by atoms with van der Waals surface area (Å²) in [5, 5.41) is 0. The molecule has 1 aromatic carbocycles. The highest BCUT2D eigenvalue weighted by molar-refractivity contribution is 7.89. The Kier molecular flexibility index (Phi) is 4.85. The number of hydrogen-bond acceptors (Lipinski definition) is 4. The van der Waals surface area contributed by atoms with E-state index < -0.39 is 15.8 Å². The first-order valence-corrected chi connectivity index (χ1v) is 8.36. The van der Waals surface area contributed by atoms with Gasteiger partial charge in [0.1, 0.15) is 5.82 Å². The van der Waals surface area contributed by atoms with Crippen LogP contribution in [0.5, 0.6) is 0 Å². The number of sulfonamides is 1. The van der Waals surface area contributed by atoms with Gasteiger partial charge in [0, 0.05) is 38.1 Å². The summed E-state index contributed by atoms with van der Waals surface area (Å²) in [4.78, 5) is -0.0994. The molecule has 0 bridgehead atoms. The molecule has 1 fully saturated rings. The Balaban J connectivity index is 2.20. The molecule has 1 saturated heterocycles. The minimum Gasteiger partial charge on any atom is -0.398 e. The van der Waals surface area contributed by atoms with Gasteiger partial charge < -0.3 is 10.5 Å². The molecule has 1 aliphatic heterocycles. The van der Waals surface area contributed by atoms with Crippen molar-refractivity contribution < 1.29 is 17.5 Å². The van der Waals surface area contributed by atoms with Gasteiger partial charge in [0.2, 0.25) is 10.0 Å². The van der Waals surface area contributed by atoms with Gasteiger partial charge in [-0.15, -0.1) is 0 Å². The highest BCUT2D eigenvalue weighted by Gasteiger charge is 2.26. The Morgan fingerprint density at radius 2 is 2.00 bits per heavy atom. The summed E-state index contributed by atoms with van der Waals surface area (Å²) in [6, 6.07) is 2.34. The van der Waals surface area contributed by atoms with Crippen molar-refractivity contribution >= 4 is 15.7 Å². The van der Waals surface area contributed by atoms with Crippen molar-refractivity contribution in [1.82, 2.24) is 4.31 Å². The number of hydrogen-bond donors (Lipinski definition) is 1. The monoisotopic (exact) mass is 316 g/mol. The van der Waals surface area contributed by atoms with Crippen molar-refractivity contribution in [3.05, 3.63) is 23.5 Å². The molecule has 118 valence electrons. The third-order valence-electron chi connectivity index (χ3n) is 3.92. The Morgan fingerprint density at radius 3 is 2.57 bits per heavy atom. The second-order valence-electron chi connectivity index (χ2n) is 5.46. The van der Waals surface area contributed by atoms with E-state index in [9.17, 15) is 12.8 Å². The summed E-state index contributed by atoms with van der Waals surface area (Å²) >= 11 is 0. The highest BCUT2D eigenvalue weighted by Crippen LogP contribution is 2.25. The Bertz CT molecular complexity index is 590. The van der Waals surface area contributed by atoms with Crippen LogP contribution >= 0.6 is 0 Å². The van der Waals surface area contributed by atoms with E-state index in [1.165, 1.54) is 24.3 Å². The molecule has 5 nitrogen and oxygen atoms in total. The molecule has 0 aliphatic carbocycles. The first-order valence-electron chi connectivity index (χ1n) is 6.92. The summed E-state index contributed by atoms with van der Waals surface area (Å²) in [7, 11) is -2.21. The van der Waals surface area contributed by atoms with Crippen LogP contribution in [0.25, 0.3) is 0 Å². The lowest BCUT2D eigenvalue weighted by molar-refractivity contribution is 0.0620. The average Bonchev–Trinajstić information content (AvgIpc) is 2.45. The molecule has 2 rings (SSSR count). The van der Waals surface area contributed by atoms with E-state index in [0.29, 0.717) is 19.8 Å². The number of anilines is 1. The molecular weight excluding hydrogens is 295 g/mol. The van der Waals surface area contributed by atoms with E-state index in [2.05, 4.69) is 0 Å². The molecule has 0 aromatic heterocycles. The van der Waals surface area contributed by atoms with Gasteiger partial charge in [0.25, 0.3) is 0 Å². The van der Waals surface area contributed by atoms with E-state index in [4.69, 9.17) is 10.5 Å². The normalized spacial score (nSPS) is 17.3. The first kappa shape index (κ1) is 16.2. The van der Waals surface area contributed by atoms with E-state index in [-0.39, 0.29) is 22.1 Å². The number of halogens is 1. The van der Waals surface area contributed by atoms with Crippen LogP contribution in [0.1, 0.15) is 18.4 Å². The molecular formula is C14H21FN2O3S. The van der Waals surface area contributed by atoms with Crippen LogP contribution in [0.15, 0.2) is 17.0 Å². The van der Waals surface area contributed by atoms with Crippen molar-refractivity contribution in [3.63, 3.8) is 0 Å². The minimum absolute atomic E-state index is 0.0994. The van der Waals surface area contributed by atoms with Crippen LogP contribution < -0.4 is 5.73 Å². The summed E-state index contributed by atoms with van der Waals surface area (Å²) in [6.07, 6.45) is 1.68. The molecule has 2 N–H and O–H groups in total. The molecule has 21 heavy (non-hydrogen) atoms. The van der Waals surface area contributed by atoms with E-state index in [0.717, 1.165) is 18.9 Å². The lowest BCUT2D eigenvalue weighted by Crippen LogP contribution is -2.34. The van der Waals surface area contributed by atoms with Crippen molar-refractivity contribution in [3.8, 4) is 0 Å². The van der Waals surface area contributed by atoms with Crippen LogP contribution in [0, 0.1) is 18.7 Å². The smallest absolute Gasteiger partial charge is 0.243 e. The van der Waals surface area contributed by atoms with Crippen LogP contribution in [0.3, 0.4) is 0 Å². The van der Waals surface area contributed by atoms with Gasteiger partial charge in [0.15, 0.2) is 0 Å². The highest BCUT2D eigenvalue weighted by atomic mass is 32.2. The number of rotatable bonds is 4. The molecule has 1 heterocycles. The third kappa shape index (κ3) is 3.53. The van der Waals surface area contributed by atoms with Crippen molar-refractivity contribution in [2.75, 3.05) is 32.5 Å². The summed E-state index contributed by atoms with van der Waals surface area (Å²) in [6.45, 7) is 3.24. The lowest BCUT2D eigenvalue weighted by Gasteiger charge is -2.26. The molecule has 0 amide bonds. The standard InChI is InChI=1S/C14H21FN2O3S/c1-10-13(15)7-12(8-14(10)16)21(18,19)17(2)9-11-3-5-20-6-4-11/h7-8,11H,3-6,9,16H2,1-2H3. The Labute approximate surface area is 124 Å². The Hall–Kier alpha value is -1.18. The van der Waals surface area contributed by atoms with Gasteiger partial charge in [-0.05, 0) is 37.8 Å². The van der Waals surface area contributed by atoms with Gasteiger partial charge in [-0.2, -0.15) is 0 Å². The third-order valence-corrected chi connectivity index (χ3v) is 5.72. The predicted molar refractivity (Wildman–Crippen MR) is 78.9 cm³/mol. The van der Waals surface area contributed by atoms with Gasteiger partial charge >= 0.3 is 0 Å². The Morgan fingerprint density at radius 1 is 1.38 bits per heavy atom. The molecule has 1 aliphatic rings. The summed E-state index contributed by atoms with van der Waals surface area (Å²) in [5.74, 6) is -0.334. The van der Waals surface area contributed by atoms with Crippen LogP contribution in [-0.2, 0) is 14.8 Å². The van der Waals surface area contributed by atoms with Gasteiger partial charge in [0.05, 0.1) is 4.90 Å². The topological polar surface area (TPSA) is 72.6 Å². The average molecular weight is 316 g/mol. The number of nitrogens with two attached hydrogens (primary N) is 1. The van der Waals surface area contributed by atoms with Crippen molar-refractivity contribution in [2.45, 2.75) is 24.7 Å². The largest absolute Gasteiger partial charge is 0.398 e. The fraction of sp³-hybridized carbons (Fsp3) is 0.571. The number of ether oxygens (including phenoxy) is 1.